The lowest BCUT2D eigenvalue weighted by molar-refractivity contribution is 0.0925. The molecule has 168 valence electrons. The molecular weight excluding hydrogens is 424 g/mol. The minimum atomic E-state index is -3.81. The fourth-order valence-corrected chi connectivity index (χ4v) is 4.65. The minimum Gasteiger partial charge on any atom is -0.497 e. The molecule has 1 unspecified atom stereocenters. The van der Waals surface area contributed by atoms with Crippen LogP contribution in [-0.2, 0) is 10.0 Å². The van der Waals surface area contributed by atoms with Gasteiger partial charge < -0.3 is 10.1 Å². The molecule has 3 rings (SSSR count). The number of carbonyl (C=O) groups excluding carboxylic acids is 1. The van der Waals surface area contributed by atoms with E-state index in [2.05, 4.69) is 5.32 Å². The van der Waals surface area contributed by atoms with Crippen molar-refractivity contribution in [1.82, 2.24) is 5.32 Å². The number of methoxy groups -OCH3 is 1. The van der Waals surface area contributed by atoms with Crippen LogP contribution in [0.2, 0.25) is 0 Å². The number of nitrogens with one attached hydrogen (secondary N) is 1. The highest BCUT2D eigenvalue weighted by Crippen LogP contribution is 2.26. The van der Waals surface area contributed by atoms with Crippen LogP contribution in [0.1, 0.15) is 35.8 Å². The van der Waals surface area contributed by atoms with Gasteiger partial charge in [-0.25, -0.2) is 8.42 Å². The fourth-order valence-electron chi connectivity index (χ4n) is 3.40. The molecule has 0 aliphatic rings. The van der Waals surface area contributed by atoms with E-state index >= 15 is 0 Å². The number of hydrogen-bond acceptors (Lipinski definition) is 4. The standard InChI is InChI=1S/C25H28N2O4S/c1-18(2)24(19-13-15-22(31-4)16-14-19)26-25(28)20-9-8-12-23(17-20)32(29,30)27(3)21-10-6-5-7-11-21/h5-18,24H,1-4H3,(H,26,28). The lowest BCUT2D eigenvalue weighted by Crippen LogP contribution is -2.32. The number of nitrogens with zero attached hydrogens (tertiary/aromatic N) is 1. The average Bonchev–Trinajstić information content (AvgIpc) is 2.82. The molecule has 0 fully saturated rings. The van der Waals surface area contributed by atoms with Gasteiger partial charge in [0, 0.05) is 12.6 Å². The van der Waals surface area contributed by atoms with Crippen molar-refractivity contribution in [3.8, 4) is 5.75 Å². The summed E-state index contributed by atoms with van der Waals surface area (Å²) in [5, 5.41) is 3.04. The normalized spacial score (nSPS) is 12.3. The summed E-state index contributed by atoms with van der Waals surface area (Å²) in [6, 6.07) is 22.2. The molecule has 0 saturated carbocycles. The maximum atomic E-state index is 13.1. The quantitative estimate of drug-likeness (QED) is 0.540. The summed E-state index contributed by atoms with van der Waals surface area (Å²) in [6.45, 7) is 4.04. The maximum Gasteiger partial charge on any atom is 0.264 e. The number of rotatable bonds is 8. The molecular formula is C25H28N2O4S. The van der Waals surface area contributed by atoms with Gasteiger partial charge in [-0.2, -0.15) is 0 Å². The SMILES string of the molecule is COc1ccc(C(NC(=O)c2cccc(S(=O)(=O)N(C)c3ccccc3)c2)C(C)C)cc1. The third kappa shape index (κ3) is 5.11. The van der Waals surface area contributed by atoms with E-state index in [9.17, 15) is 13.2 Å². The fraction of sp³-hybridized carbons (Fsp3) is 0.240. The first-order chi connectivity index (χ1) is 15.2. The van der Waals surface area contributed by atoms with E-state index in [1.165, 1.54) is 23.5 Å². The van der Waals surface area contributed by atoms with Gasteiger partial charge in [0.15, 0.2) is 0 Å². The zero-order chi connectivity index (χ0) is 23.3. The lowest BCUT2D eigenvalue weighted by atomic mass is 9.95. The molecule has 1 N–H and O–H groups in total. The third-order valence-corrected chi connectivity index (χ3v) is 7.08. The number of carbonyl (C=O) groups is 1. The van der Waals surface area contributed by atoms with Crippen LogP contribution in [0.4, 0.5) is 5.69 Å². The number of benzene rings is 3. The molecule has 1 atom stereocenters. The zero-order valence-corrected chi connectivity index (χ0v) is 19.5. The predicted molar refractivity (Wildman–Crippen MR) is 127 cm³/mol. The Hall–Kier alpha value is -3.32. The van der Waals surface area contributed by atoms with Crippen molar-refractivity contribution in [3.05, 3.63) is 90.0 Å². The van der Waals surface area contributed by atoms with Crippen LogP contribution in [0, 0.1) is 5.92 Å². The molecule has 0 aliphatic carbocycles. The molecule has 0 heterocycles. The highest BCUT2D eigenvalue weighted by atomic mass is 32.2. The van der Waals surface area contributed by atoms with Crippen molar-refractivity contribution in [3.63, 3.8) is 0 Å². The van der Waals surface area contributed by atoms with Gasteiger partial charge >= 0.3 is 0 Å². The smallest absolute Gasteiger partial charge is 0.264 e. The zero-order valence-electron chi connectivity index (χ0n) is 18.6. The second kappa shape index (κ2) is 9.87. The second-order valence-electron chi connectivity index (χ2n) is 7.80. The lowest BCUT2D eigenvalue weighted by Gasteiger charge is -2.23. The van der Waals surface area contributed by atoms with Gasteiger partial charge in [0.1, 0.15) is 5.75 Å². The second-order valence-corrected chi connectivity index (χ2v) is 9.77. The Bertz CT molecular complexity index is 1160. The van der Waals surface area contributed by atoms with Gasteiger partial charge in [0.05, 0.1) is 23.7 Å². The van der Waals surface area contributed by atoms with E-state index in [4.69, 9.17) is 4.74 Å². The number of sulfonamides is 1. The maximum absolute atomic E-state index is 13.1. The number of para-hydroxylation sites is 1. The third-order valence-electron chi connectivity index (χ3n) is 5.30. The van der Waals surface area contributed by atoms with Crippen LogP contribution >= 0.6 is 0 Å². The van der Waals surface area contributed by atoms with Crippen molar-refractivity contribution >= 4 is 21.6 Å². The van der Waals surface area contributed by atoms with Gasteiger partial charge in [-0.05, 0) is 53.9 Å². The molecule has 0 aromatic heterocycles. The summed E-state index contributed by atoms with van der Waals surface area (Å²) in [6.07, 6.45) is 0. The Morgan fingerprint density at radius 1 is 0.938 bits per heavy atom. The van der Waals surface area contributed by atoms with Crippen molar-refractivity contribution in [2.75, 3.05) is 18.5 Å². The molecule has 7 heteroatoms. The van der Waals surface area contributed by atoms with Crippen LogP contribution in [0.15, 0.2) is 83.8 Å². The molecule has 3 aromatic rings. The first-order valence-electron chi connectivity index (χ1n) is 10.3. The molecule has 0 spiro atoms. The number of anilines is 1. The van der Waals surface area contributed by atoms with Crippen molar-refractivity contribution in [2.24, 2.45) is 5.92 Å². The van der Waals surface area contributed by atoms with Crippen LogP contribution in [0.3, 0.4) is 0 Å². The molecule has 3 aromatic carbocycles. The van der Waals surface area contributed by atoms with Gasteiger partial charge in [-0.3, -0.25) is 9.10 Å². The van der Waals surface area contributed by atoms with E-state index in [-0.39, 0.29) is 28.3 Å². The highest BCUT2D eigenvalue weighted by molar-refractivity contribution is 7.92. The van der Waals surface area contributed by atoms with E-state index in [0.717, 1.165) is 11.3 Å². The monoisotopic (exact) mass is 452 g/mol. The molecule has 0 aliphatic heterocycles. The molecule has 0 saturated heterocycles. The molecule has 32 heavy (non-hydrogen) atoms. The number of hydrogen-bond donors (Lipinski definition) is 1. The van der Waals surface area contributed by atoms with Crippen LogP contribution in [0.5, 0.6) is 5.75 Å². The van der Waals surface area contributed by atoms with E-state index < -0.39 is 10.0 Å². The summed E-state index contributed by atoms with van der Waals surface area (Å²) in [4.78, 5) is 13.1. The summed E-state index contributed by atoms with van der Waals surface area (Å²) in [5.41, 5.74) is 1.77. The average molecular weight is 453 g/mol. The Morgan fingerprint density at radius 2 is 1.59 bits per heavy atom. The van der Waals surface area contributed by atoms with Crippen LogP contribution in [0.25, 0.3) is 0 Å². The Morgan fingerprint density at radius 3 is 2.19 bits per heavy atom. The molecule has 0 bridgehead atoms. The predicted octanol–water partition coefficient (Wildman–Crippen LogP) is 4.65. The Balaban J connectivity index is 1.85. The first-order valence-corrected chi connectivity index (χ1v) is 11.8. The Kier molecular flexibility index (Phi) is 7.20. The summed E-state index contributed by atoms with van der Waals surface area (Å²) < 4.78 is 32.6. The highest BCUT2D eigenvalue weighted by Gasteiger charge is 2.24. The van der Waals surface area contributed by atoms with Crippen molar-refractivity contribution < 1.29 is 17.9 Å². The minimum absolute atomic E-state index is 0.0575. The number of amides is 1. The van der Waals surface area contributed by atoms with Gasteiger partial charge in [-0.15, -0.1) is 0 Å². The molecule has 6 nitrogen and oxygen atoms in total. The van der Waals surface area contributed by atoms with E-state index in [1.807, 2.05) is 44.2 Å². The summed E-state index contributed by atoms with van der Waals surface area (Å²) >= 11 is 0. The van der Waals surface area contributed by atoms with Gasteiger partial charge in [0.25, 0.3) is 15.9 Å². The van der Waals surface area contributed by atoms with E-state index in [0.29, 0.717) is 5.69 Å². The van der Waals surface area contributed by atoms with Gasteiger partial charge in [-0.1, -0.05) is 50.2 Å². The van der Waals surface area contributed by atoms with Crippen molar-refractivity contribution in [1.29, 1.82) is 0 Å². The molecule has 1 amide bonds. The van der Waals surface area contributed by atoms with Gasteiger partial charge in [0.2, 0.25) is 0 Å². The first kappa shape index (κ1) is 23.3. The van der Waals surface area contributed by atoms with Crippen molar-refractivity contribution in [2.45, 2.75) is 24.8 Å². The molecule has 0 radical (unpaired) electrons. The number of ether oxygens (including phenoxy) is 1. The van der Waals surface area contributed by atoms with E-state index in [1.54, 1.807) is 43.5 Å². The summed E-state index contributed by atoms with van der Waals surface area (Å²) in [7, 11) is -0.713. The topological polar surface area (TPSA) is 75.7 Å². The van der Waals surface area contributed by atoms with Crippen LogP contribution < -0.4 is 14.4 Å². The van der Waals surface area contributed by atoms with Crippen LogP contribution in [-0.4, -0.2) is 28.5 Å². The summed E-state index contributed by atoms with van der Waals surface area (Å²) in [5.74, 6) is 0.533. The Labute approximate surface area is 189 Å². The largest absolute Gasteiger partial charge is 0.497 e.